The Kier molecular flexibility index (Phi) is 10.5. The monoisotopic (exact) mass is 693 g/mol. The van der Waals surface area contributed by atoms with Crippen LogP contribution in [0.1, 0.15) is 52.3 Å². The number of hydrogen-bond donors (Lipinski definition) is 4. The molecule has 0 fully saturated rings. The zero-order chi connectivity index (χ0) is 30.6. The molecule has 1 unspecified atom stereocenters. The number of rotatable bonds is 9. The Bertz CT molecular complexity index is 1320. The number of amides is 1. The van der Waals surface area contributed by atoms with Crippen LogP contribution in [0.5, 0.6) is 0 Å². The predicted molar refractivity (Wildman–Crippen MR) is 155 cm³/mol. The summed E-state index contributed by atoms with van der Waals surface area (Å²) in [5, 5.41) is 26.7. The molecule has 1 amide bonds. The molecule has 4 N–H and O–H groups in total. The number of aliphatic imine (C=N–C) groups is 1. The van der Waals surface area contributed by atoms with Crippen molar-refractivity contribution in [2.24, 2.45) is 12.0 Å². The predicted octanol–water partition coefficient (Wildman–Crippen LogP) is 3.05. The van der Waals surface area contributed by atoms with E-state index in [-0.39, 0.29) is 34.0 Å². The minimum Gasteiger partial charge on any atom is -0.461 e. The lowest BCUT2D eigenvalue weighted by Crippen LogP contribution is -2.45. The fraction of sp³-hybridized carbons (Fsp3) is 0.538. The average Bonchev–Trinajstić information content (AvgIpc) is 2.88. The smallest absolute Gasteiger partial charge is 0.408 e. The van der Waals surface area contributed by atoms with Crippen molar-refractivity contribution in [2.75, 3.05) is 18.5 Å². The number of aromatic nitrogens is 1. The van der Waals surface area contributed by atoms with Gasteiger partial charge in [-0.3, -0.25) is 9.36 Å². The van der Waals surface area contributed by atoms with Gasteiger partial charge in [-0.15, -0.1) is 0 Å². The van der Waals surface area contributed by atoms with Crippen LogP contribution in [-0.2, 0) is 21.3 Å². The average molecular weight is 693 g/mol. The van der Waals surface area contributed by atoms with Gasteiger partial charge in [0.1, 0.15) is 36.0 Å². The number of pyridine rings is 1. The molecule has 3 rings (SSSR count). The minimum absolute atomic E-state index is 0.0574. The molecule has 0 saturated carbocycles. The second-order valence-electron chi connectivity index (χ2n) is 10.5. The number of alkyl carbamates (subject to hydrolysis) is 1. The molecule has 41 heavy (non-hydrogen) atoms. The number of alkyl halides is 1. The van der Waals surface area contributed by atoms with Gasteiger partial charge in [-0.05, 0) is 39.7 Å². The molecule has 4 atom stereocenters. The number of halogens is 3. The molecule has 1 aromatic heterocycles. The summed E-state index contributed by atoms with van der Waals surface area (Å²) in [5.74, 6) is -2.75. The van der Waals surface area contributed by atoms with Gasteiger partial charge in [0.15, 0.2) is 6.23 Å². The van der Waals surface area contributed by atoms with Crippen molar-refractivity contribution in [3.63, 3.8) is 0 Å². The number of carbonyl (C=O) groups is 2. The Balaban J connectivity index is 1.72. The molecule has 0 bridgehead atoms. The number of nitrogens with one attached hydrogen (secondary N) is 2. The number of nitrogens with zero attached hydrogens (tertiary/aromatic N) is 3. The molecule has 0 saturated heterocycles. The summed E-state index contributed by atoms with van der Waals surface area (Å²) in [6.07, 6.45) is 0.942. The topological polar surface area (TPSA) is 155 Å². The molecule has 1 aliphatic carbocycles. The Morgan fingerprint density at radius 1 is 1.32 bits per heavy atom. The van der Waals surface area contributed by atoms with Gasteiger partial charge in [0.2, 0.25) is 5.82 Å². The molecule has 1 aromatic rings. The Morgan fingerprint density at radius 2 is 2.00 bits per heavy atom. The molecule has 226 valence electrons. The molecule has 0 spiro atoms. The first-order chi connectivity index (χ1) is 19.1. The van der Waals surface area contributed by atoms with Crippen LogP contribution < -0.4 is 16.2 Å². The van der Waals surface area contributed by atoms with Crippen LogP contribution in [0.3, 0.4) is 0 Å². The summed E-state index contributed by atoms with van der Waals surface area (Å²) in [6, 6.07) is -1.02. The molecule has 2 heterocycles. The number of hydrogen-bond acceptors (Lipinski definition) is 10. The zero-order valence-electron chi connectivity index (χ0n) is 23.3. The fourth-order valence-corrected chi connectivity index (χ4v) is 4.60. The maximum absolute atomic E-state index is 15.2. The second kappa shape index (κ2) is 13.3. The molecule has 12 nitrogen and oxygen atoms in total. The van der Waals surface area contributed by atoms with Crippen molar-refractivity contribution in [3.05, 3.63) is 45.4 Å². The lowest BCUT2D eigenvalue weighted by Gasteiger charge is -2.33. The Labute approximate surface area is 249 Å². The zero-order valence-corrected chi connectivity index (χ0v) is 25.4. The lowest BCUT2D eigenvalue weighted by molar-refractivity contribution is -0.149. The first-order valence-electron chi connectivity index (χ1n) is 12.9. The lowest BCUT2D eigenvalue weighted by atomic mass is 10.1. The molecular weight excluding hydrogens is 659 g/mol. The SMILES string of the molecule is CC[C@H](NC(=O)OC(C)(C)C)C(=O)OC[C@H](O)CN1C=Nc2c(c(NC3=CC[C@H](I)C=C3F)c(F)c(=O)n2C)C1O. The number of ether oxygens (including phenoxy) is 2. The van der Waals surface area contributed by atoms with E-state index in [1.54, 1.807) is 27.7 Å². The van der Waals surface area contributed by atoms with Crippen LogP contribution in [0.15, 0.2) is 33.5 Å². The highest BCUT2D eigenvalue weighted by Gasteiger charge is 2.33. The van der Waals surface area contributed by atoms with E-state index in [4.69, 9.17) is 9.47 Å². The number of aliphatic hydroxyl groups excluding tert-OH is 2. The van der Waals surface area contributed by atoms with Crippen LogP contribution in [0.25, 0.3) is 0 Å². The Hall–Kier alpha value is -3.05. The number of esters is 1. The van der Waals surface area contributed by atoms with Crippen molar-refractivity contribution >= 4 is 52.5 Å². The number of carbonyl (C=O) groups excluding carboxylic acids is 2. The summed E-state index contributed by atoms with van der Waals surface area (Å²) in [4.78, 5) is 42.3. The first kappa shape index (κ1) is 32.5. The fourth-order valence-electron chi connectivity index (χ4n) is 4.03. The molecule has 15 heteroatoms. The van der Waals surface area contributed by atoms with Crippen LogP contribution >= 0.6 is 22.6 Å². The van der Waals surface area contributed by atoms with E-state index in [1.165, 1.54) is 19.2 Å². The van der Waals surface area contributed by atoms with E-state index >= 15 is 4.39 Å². The van der Waals surface area contributed by atoms with Crippen molar-refractivity contribution in [2.45, 2.75) is 68.4 Å². The van der Waals surface area contributed by atoms with Gasteiger partial charge in [0, 0.05) is 11.0 Å². The molecule has 1 aliphatic heterocycles. The third-order valence-corrected chi connectivity index (χ3v) is 6.92. The van der Waals surface area contributed by atoms with Crippen molar-refractivity contribution in [1.29, 1.82) is 0 Å². The molecule has 2 aliphatic rings. The van der Waals surface area contributed by atoms with E-state index < -0.39 is 65.5 Å². The summed E-state index contributed by atoms with van der Waals surface area (Å²) in [7, 11) is 1.28. The van der Waals surface area contributed by atoms with Gasteiger partial charge in [0.25, 0.3) is 5.56 Å². The van der Waals surface area contributed by atoms with Crippen LogP contribution in [0.2, 0.25) is 0 Å². The first-order valence-corrected chi connectivity index (χ1v) is 14.1. The van der Waals surface area contributed by atoms with Crippen molar-refractivity contribution in [1.82, 2.24) is 14.8 Å². The largest absolute Gasteiger partial charge is 0.461 e. The number of aliphatic hydroxyl groups is 2. The summed E-state index contributed by atoms with van der Waals surface area (Å²) >= 11 is 2.05. The van der Waals surface area contributed by atoms with E-state index in [0.717, 1.165) is 15.8 Å². The van der Waals surface area contributed by atoms with Crippen LogP contribution in [0, 0.1) is 5.82 Å². The normalized spacial score (nSPS) is 19.9. The van der Waals surface area contributed by atoms with Crippen molar-refractivity contribution < 1.29 is 38.1 Å². The highest BCUT2D eigenvalue weighted by atomic mass is 127. The third-order valence-electron chi connectivity index (χ3n) is 6.06. The van der Waals surface area contributed by atoms with E-state index in [1.807, 2.05) is 22.6 Å². The van der Waals surface area contributed by atoms with E-state index in [0.29, 0.717) is 6.42 Å². The summed E-state index contributed by atoms with van der Waals surface area (Å²) in [5.41, 5.74) is -2.45. The van der Waals surface area contributed by atoms with E-state index in [9.17, 15) is 29.0 Å². The highest BCUT2D eigenvalue weighted by molar-refractivity contribution is 14.1. The third kappa shape index (κ3) is 8.03. The highest BCUT2D eigenvalue weighted by Crippen LogP contribution is 2.38. The quantitative estimate of drug-likeness (QED) is 0.174. The number of fused-ring (bicyclic) bond motifs is 1. The van der Waals surface area contributed by atoms with Crippen molar-refractivity contribution in [3.8, 4) is 0 Å². The molecule has 0 radical (unpaired) electrons. The van der Waals surface area contributed by atoms with Gasteiger partial charge in [-0.25, -0.2) is 19.0 Å². The molecular formula is C26H34F2IN5O7. The van der Waals surface area contributed by atoms with Gasteiger partial charge in [0.05, 0.1) is 29.8 Å². The standard InChI is InChI=1S/C26H34F2IN5O7/c1-6-16(32-25(39)41-26(2,3)4)24(38)40-11-14(35)10-34-12-30-21-18(22(34)36)20(19(28)23(37)33(21)5)31-17-8-7-13(29)9-15(17)27/h8-9,12-14,16,22,31,35-36H,6-7,10-11H2,1-5H3,(H,32,39)/t13-,14+,16-,22?/m0/s1. The maximum Gasteiger partial charge on any atom is 0.408 e. The van der Waals surface area contributed by atoms with Gasteiger partial charge >= 0.3 is 12.1 Å². The summed E-state index contributed by atoms with van der Waals surface area (Å²) in [6.45, 7) is 5.87. The minimum atomic E-state index is -1.61. The van der Waals surface area contributed by atoms with Gasteiger partial charge < -0.3 is 35.2 Å². The van der Waals surface area contributed by atoms with Crippen LogP contribution in [-0.4, -0.2) is 72.9 Å². The number of β-amino-alcohol motifs (C(OH)–C–C–N with tert-alkyl or cyclic N) is 1. The Morgan fingerprint density at radius 3 is 2.61 bits per heavy atom. The van der Waals surface area contributed by atoms with Gasteiger partial charge in [-0.1, -0.05) is 35.6 Å². The number of anilines is 1. The molecule has 0 aromatic carbocycles. The maximum atomic E-state index is 15.2. The second-order valence-corrected chi connectivity index (χ2v) is 12.1. The number of allylic oxidation sites excluding steroid dienone is 3. The van der Waals surface area contributed by atoms with Gasteiger partial charge in [-0.2, -0.15) is 4.39 Å². The summed E-state index contributed by atoms with van der Waals surface area (Å²) < 4.78 is 40.8. The van der Waals surface area contributed by atoms with Crippen LogP contribution in [0.4, 0.5) is 25.1 Å². The van der Waals surface area contributed by atoms with E-state index in [2.05, 4.69) is 15.6 Å².